The molecule has 1 aromatic carbocycles. The van der Waals surface area contributed by atoms with E-state index in [2.05, 4.69) is 17.0 Å². The number of hydrogen-bond acceptors (Lipinski definition) is 1. The molecule has 65 valence electrons. The molecule has 1 rings (SSSR count). The van der Waals surface area contributed by atoms with Gasteiger partial charge in [-0.15, -0.1) is 0 Å². The first kappa shape index (κ1) is 9.62. The monoisotopic (exact) mass is 180 g/mol. The van der Waals surface area contributed by atoms with Crippen LogP contribution >= 0.6 is 12.6 Å². The van der Waals surface area contributed by atoms with Gasteiger partial charge < -0.3 is 0 Å². The van der Waals surface area contributed by atoms with Gasteiger partial charge in [-0.3, -0.25) is 4.90 Å². The van der Waals surface area contributed by atoms with Crippen LogP contribution in [0.2, 0.25) is 0 Å². The Morgan fingerprint density at radius 3 is 2.33 bits per heavy atom. The van der Waals surface area contributed by atoms with Crippen LogP contribution in [0.1, 0.15) is 5.56 Å². The predicted octanol–water partition coefficient (Wildman–Crippen LogP) is 2.31. The van der Waals surface area contributed by atoms with E-state index in [4.69, 9.17) is 12.6 Å². The molecule has 0 spiro atoms. The molecule has 0 aromatic heterocycles. The van der Waals surface area contributed by atoms with Gasteiger partial charge in [0.1, 0.15) is 0 Å². The standard InChI is InChI=1S/C10H14NS/c1-11(2)10(12)8-9-6-4-3-5-7-9/h3-7,10H,8H2,1-2H3. The Kier molecular flexibility index (Phi) is 3.63. The van der Waals surface area contributed by atoms with Gasteiger partial charge in [-0.25, -0.2) is 0 Å². The lowest BCUT2D eigenvalue weighted by Gasteiger charge is -2.17. The second kappa shape index (κ2) is 4.53. The Morgan fingerprint density at radius 2 is 1.83 bits per heavy atom. The third-order valence-corrected chi connectivity index (χ3v) is 2.42. The van der Waals surface area contributed by atoms with E-state index >= 15 is 0 Å². The summed E-state index contributed by atoms with van der Waals surface area (Å²) < 4.78 is 0. The summed E-state index contributed by atoms with van der Waals surface area (Å²) in [5.74, 6) is 0. The molecule has 0 aliphatic rings. The van der Waals surface area contributed by atoms with Crippen molar-refractivity contribution in [3.8, 4) is 0 Å². The van der Waals surface area contributed by atoms with E-state index in [1.165, 1.54) is 5.56 Å². The maximum absolute atomic E-state index is 5.27. The summed E-state index contributed by atoms with van der Waals surface area (Å²) in [7, 11) is 4.03. The van der Waals surface area contributed by atoms with Crippen LogP contribution in [0.3, 0.4) is 0 Å². The van der Waals surface area contributed by atoms with Gasteiger partial charge in [0.2, 0.25) is 0 Å². The average Bonchev–Trinajstić information content (AvgIpc) is 2.06. The van der Waals surface area contributed by atoms with E-state index in [9.17, 15) is 0 Å². The maximum atomic E-state index is 5.27. The Labute approximate surface area is 79.8 Å². The highest BCUT2D eigenvalue weighted by Gasteiger charge is 2.06. The van der Waals surface area contributed by atoms with Crippen molar-refractivity contribution in [1.82, 2.24) is 4.90 Å². The maximum Gasteiger partial charge on any atom is 0.0698 e. The van der Waals surface area contributed by atoms with E-state index in [0.717, 1.165) is 6.42 Å². The van der Waals surface area contributed by atoms with Crippen molar-refractivity contribution in [2.45, 2.75) is 11.8 Å². The first-order chi connectivity index (χ1) is 5.70. The molecule has 0 bridgehead atoms. The molecule has 0 N–H and O–H groups in total. The first-order valence-electron chi connectivity index (χ1n) is 4.06. The van der Waals surface area contributed by atoms with Crippen molar-refractivity contribution >= 4 is 12.6 Å². The predicted molar refractivity (Wildman–Crippen MR) is 55.2 cm³/mol. The minimum Gasteiger partial charge on any atom is -0.297 e. The summed E-state index contributed by atoms with van der Waals surface area (Å²) in [4.78, 5) is 2.06. The van der Waals surface area contributed by atoms with Crippen LogP contribution in [0.25, 0.3) is 0 Å². The smallest absolute Gasteiger partial charge is 0.0698 e. The zero-order valence-corrected chi connectivity index (χ0v) is 8.34. The fourth-order valence-electron chi connectivity index (χ4n) is 0.998. The minimum atomic E-state index is 0.201. The molecule has 1 nitrogen and oxygen atoms in total. The summed E-state index contributed by atoms with van der Waals surface area (Å²) in [5.41, 5.74) is 1.31. The van der Waals surface area contributed by atoms with Gasteiger partial charge in [0.15, 0.2) is 0 Å². The molecule has 0 fully saturated rings. The zero-order valence-electron chi connectivity index (χ0n) is 7.53. The second-order valence-corrected chi connectivity index (χ2v) is 3.65. The molecular weight excluding hydrogens is 166 g/mol. The fraction of sp³-hybridized carbons (Fsp3) is 0.400. The third-order valence-electron chi connectivity index (χ3n) is 1.83. The lowest BCUT2D eigenvalue weighted by atomic mass is 10.1. The van der Waals surface area contributed by atoms with Gasteiger partial charge in [0.05, 0.1) is 5.37 Å². The van der Waals surface area contributed by atoms with E-state index in [1.807, 2.05) is 32.3 Å². The summed E-state index contributed by atoms with van der Waals surface area (Å²) in [5, 5.41) is 0.201. The van der Waals surface area contributed by atoms with Gasteiger partial charge in [-0.2, -0.15) is 0 Å². The highest BCUT2D eigenvalue weighted by atomic mass is 32.1. The second-order valence-electron chi connectivity index (χ2n) is 3.11. The van der Waals surface area contributed by atoms with Gasteiger partial charge in [-0.05, 0) is 26.1 Å². The molecule has 1 aromatic rings. The molecular formula is C10H14NS. The SMILES string of the molecule is CN(C)C([S])Cc1ccccc1. The topological polar surface area (TPSA) is 3.24 Å². The summed E-state index contributed by atoms with van der Waals surface area (Å²) in [6, 6.07) is 10.4. The van der Waals surface area contributed by atoms with Gasteiger partial charge in [-0.1, -0.05) is 43.0 Å². The summed E-state index contributed by atoms with van der Waals surface area (Å²) in [6.45, 7) is 0. The zero-order chi connectivity index (χ0) is 8.97. The molecule has 1 radical (unpaired) electrons. The first-order valence-corrected chi connectivity index (χ1v) is 4.53. The molecule has 1 unspecified atom stereocenters. The molecule has 0 saturated carbocycles. The van der Waals surface area contributed by atoms with Crippen LogP contribution in [-0.4, -0.2) is 24.4 Å². The molecule has 0 amide bonds. The quantitative estimate of drug-likeness (QED) is 0.690. The summed E-state index contributed by atoms with van der Waals surface area (Å²) >= 11 is 5.27. The lowest BCUT2D eigenvalue weighted by molar-refractivity contribution is 0.383. The van der Waals surface area contributed by atoms with E-state index in [1.54, 1.807) is 0 Å². The Balaban J connectivity index is 2.53. The Morgan fingerprint density at radius 1 is 1.25 bits per heavy atom. The van der Waals surface area contributed by atoms with Crippen molar-refractivity contribution in [3.05, 3.63) is 35.9 Å². The molecule has 12 heavy (non-hydrogen) atoms. The van der Waals surface area contributed by atoms with Gasteiger partial charge in [0, 0.05) is 0 Å². The normalized spacial score (nSPS) is 13.3. The Bertz CT molecular complexity index is 221. The van der Waals surface area contributed by atoms with Crippen LogP contribution in [0.5, 0.6) is 0 Å². The number of likely N-dealkylation sites (N-methyl/N-ethyl adjacent to an activating group) is 1. The minimum absolute atomic E-state index is 0.201. The van der Waals surface area contributed by atoms with E-state index < -0.39 is 0 Å². The number of hydrogen-bond donors (Lipinski definition) is 0. The van der Waals surface area contributed by atoms with Crippen LogP contribution < -0.4 is 0 Å². The van der Waals surface area contributed by atoms with Crippen molar-refractivity contribution in [2.24, 2.45) is 0 Å². The third kappa shape index (κ3) is 2.88. The fourth-order valence-corrected chi connectivity index (χ4v) is 1.19. The van der Waals surface area contributed by atoms with Crippen molar-refractivity contribution in [2.75, 3.05) is 14.1 Å². The van der Waals surface area contributed by atoms with Gasteiger partial charge in [0.25, 0.3) is 0 Å². The highest BCUT2D eigenvalue weighted by Crippen LogP contribution is 2.08. The highest BCUT2D eigenvalue weighted by molar-refractivity contribution is 7.80. The number of nitrogens with zero attached hydrogens (tertiary/aromatic N) is 1. The van der Waals surface area contributed by atoms with Crippen LogP contribution in [-0.2, 0) is 6.42 Å². The summed E-state index contributed by atoms with van der Waals surface area (Å²) in [6.07, 6.45) is 0.948. The molecule has 0 heterocycles. The molecule has 2 heteroatoms. The van der Waals surface area contributed by atoms with Crippen molar-refractivity contribution < 1.29 is 0 Å². The largest absolute Gasteiger partial charge is 0.297 e. The van der Waals surface area contributed by atoms with Crippen LogP contribution in [0.4, 0.5) is 0 Å². The van der Waals surface area contributed by atoms with Crippen molar-refractivity contribution in [3.63, 3.8) is 0 Å². The van der Waals surface area contributed by atoms with E-state index in [-0.39, 0.29) is 5.37 Å². The average molecular weight is 180 g/mol. The van der Waals surface area contributed by atoms with E-state index in [0.29, 0.717) is 0 Å². The molecule has 0 saturated heterocycles. The van der Waals surface area contributed by atoms with Crippen molar-refractivity contribution in [1.29, 1.82) is 0 Å². The number of benzene rings is 1. The Hall–Kier alpha value is -0.470. The molecule has 0 aliphatic carbocycles. The molecule has 1 atom stereocenters. The van der Waals surface area contributed by atoms with Crippen LogP contribution in [0, 0.1) is 0 Å². The lowest BCUT2D eigenvalue weighted by Crippen LogP contribution is -2.24. The molecule has 0 aliphatic heterocycles. The van der Waals surface area contributed by atoms with Gasteiger partial charge >= 0.3 is 0 Å². The van der Waals surface area contributed by atoms with Crippen LogP contribution in [0.15, 0.2) is 30.3 Å². The number of rotatable bonds is 3.